The van der Waals surface area contributed by atoms with Crippen LogP contribution in [-0.4, -0.2) is 37.3 Å². The SMILES string of the molecule is Cn1ccc(C(=O)N2CCCCC2c2ccn[nH]2)n1. The van der Waals surface area contributed by atoms with Gasteiger partial charge >= 0.3 is 0 Å². The van der Waals surface area contributed by atoms with Gasteiger partial charge in [0.05, 0.1) is 11.7 Å². The molecule has 6 heteroatoms. The summed E-state index contributed by atoms with van der Waals surface area (Å²) in [6.45, 7) is 0.777. The van der Waals surface area contributed by atoms with Gasteiger partial charge in [-0.2, -0.15) is 10.2 Å². The first kappa shape index (κ1) is 12.0. The molecule has 6 nitrogen and oxygen atoms in total. The predicted octanol–water partition coefficient (Wildman–Crippen LogP) is 1.51. The molecule has 1 aliphatic heterocycles. The highest BCUT2D eigenvalue weighted by atomic mass is 16.2. The number of piperidine rings is 1. The lowest BCUT2D eigenvalue weighted by Gasteiger charge is -2.34. The Bertz CT molecular complexity index is 559. The van der Waals surface area contributed by atoms with E-state index in [0.29, 0.717) is 5.69 Å². The molecule has 1 fully saturated rings. The Morgan fingerprint density at radius 3 is 3.00 bits per heavy atom. The molecule has 1 saturated heterocycles. The van der Waals surface area contributed by atoms with Crippen LogP contribution in [0.25, 0.3) is 0 Å². The first-order valence-corrected chi connectivity index (χ1v) is 6.55. The molecule has 2 aromatic heterocycles. The highest BCUT2D eigenvalue weighted by Crippen LogP contribution is 2.30. The number of hydrogen-bond acceptors (Lipinski definition) is 3. The molecule has 0 radical (unpaired) electrons. The van der Waals surface area contributed by atoms with Crippen molar-refractivity contribution < 1.29 is 4.79 Å². The van der Waals surface area contributed by atoms with Crippen LogP contribution in [0.1, 0.15) is 41.5 Å². The Labute approximate surface area is 111 Å². The largest absolute Gasteiger partial charge is 0.329 e. The van der Waals surface area contributed by atoms with Crippen LogP contribution in [0.15, 0.2) is 24.5 Å². The van der Waals surface area contributed by atoms with Gasteiger partial charge < -0.3 is 4.90 Å². The van der Waals surface area contributed by atoms with Crippen LogP contribution in [0, 0.1) is 0 Å². The minimum Gasteiger partial charge on any atom is -0.329 e. The van der Waals surface area contributed by atoms with Gasteiger partial charge in [0.1, 0.15) is 5.69 Å². The molecule has 3 heterocycles. The topological polar surface area (TPSA) is 66.8 Å². The number of aryl methyl sites for hydroxylation is 1. The summed E-state index contributed by atoms with van der Waals surface area (Å²) in [6.07, 6.45) is 6.68. The van der Waals surface area contributed by atoms with E-state index in [1.807, 2.05) is 18.0 Å². The molecule has 0 spiro atoms. The number of aromatic nitrogens is 4. The minimum absolute atomic E-state index is 0.0000926. The number of rotatable bonds is 2. The van der Waals surface area contributed by atoms with Gasteiger partial charge in [-0.3, -0.25) is 14.6 Å². The van der Waals surface area contributed by atoms with Crippen LogP contribution in [0.4, 0.5) is 0 Å². The van der Waals surface area contributed by atoms with Gasteiger partial charge in [-0.15, -0.1) is 0 Å². The van der Waals surface area contributed by atoms with Gasteiger partial charge in [-0.1, -0.05) is 0 Å². The first-order valence-electron chi connectivity index (χ1n) is 6.55. The third-order valence-electron chi connectivity index (χ3n) is 3.58. The lowest BCUT2D eigenvalue weighted by molar-refractivity contribution is 0.0599. The van der Waals surface area contributed by atoms with Gasteiger partial charge in [-0.25, -0.2) is 0 Å². The van der Waals surface area contributed by atoms with E-state index in [4.69, 9.17) is 0 Å². The van der Waals surface area contributed by atoms with Crippen LogP contribution in [-0.2, 0) is 7.05 Å². The highest BCUT2D eigenvalue weighted by Gasteiger charge is 2.30. The van der Waals surface area contributed by atoms with Crippen LogP contribution in [0.5, 0.6) is 0 Å². The average molecular weight is 259 g/mol. The summed E-state index contributed by atoms with van der Waals surface area (Å²) in [5, 5.41) is 11.2. The smallest absolute Gasteiger partial charge is 0.274 e. The van der Waals surface area contributed by atoms with E-state index < -0.39 is 0 Å². The van der Waals surface area contributed by atoms with Crippen molar-refractivity contribution >= 4 is 5.91 Å². The fourth-order valence-electron chi connectivity index (χ4n) is 2.63. The summed E-state index contributed by atoms with van der Waals surface area (Å²) in [4.78, 5) is 14.4. The summed E-state index contributed by atoms with van der Waals surface area (Å²) in [5.41, 5.74) is 1.51. The van der Waals surface area contributed by atoms with Crippen molar-refractivity contribution in [2.24, 2.45) is 7.05 Å². The Balaban J connectivity index is 1.86. The maximum absolute atomic E-state index is 12.5. The van der Waals surface area contributed by atoms with Crippen LogP contribution in [0.3, 0.4) is 0 Å². The number of carbonyl (C=O) groups is 1. The van der Waals surface area contributed by atoms with Gasteiger partial charge in [-0.05, 0) is 31.4 Å². The quantitative estimate of drug-likeness (QED) is 0.889. The Hall–Kier alpha value is -2.11. The second kappa shape index (κ2) is 4.87. The first-order chi connectivity index (χ1) is 9.25. The van der Waals surface area contributed by atoms with Gasteiger partial charge in [0, 0.05) is 26.0 Å². The molecule has 1 amide bonds. The van der Waals surface area contributed by atoms with Crippen LogP contribution >= 0.6 is 0 Å². The molecule has 1 atom stereocenters. The third-order valence-corrected chi connectivity index (χ3v) is 3.58. The minimum atomic E-state index is -0.0000926. The van der Waals surface area contributed by atoms with E-state index in [-0.39, 0.29) is 11.9 Å². The number of likely N-dealkylation sites (tertiary alicyclic amines) is 1. The van der Waals surface area contributed by atoms with Crippen molar-refractivity contribution in [1.82, 2.24) is 24.9 Å². The van der Waals surface area contributed by atoms with E-state index in [2.05, 4.69) is 15.3 Å². The number of carbonyl (C=O) groups excluding carboxylic acids is 1. The standard InChI is InChI=1S/C13H17N5O/c1-17-9-6-11(16-17)13(19)18-8-3-2-4-12(18)10-5-7-14-15-10/h5-7,9,12H,2-4,8H2,1H3,(H,14,15). The maximum atomic E-state index is 12.5. The Kier molecular flexibility index (Phi) is 3.06. The molecule has 2 aromatic rings. The zero-order valence-electron chi connectivity index (χ0n) is 10.9. The van der Waals surface area contributed by atoms with Crippen molar-refractivity contribution in [2.75, 3.05) is 6.54 Å². The van der Waals surface area contributed by atoms with E-state index in [1.165, 1.54) is 0 Å². The van der Waals surface area contributed by atoms with E-state index in [0.717, 1.165) is 31.5 Å². The fourth-order valence-corrected chi connectivity index (χ4v) is 2.63. The average Bonchev–Trinajstić information content (AvgIpc) is 3.09. The van der Waals surface area contributed by atoms with E-state index in [9.17, 15) is 4.79 Å². The maximum Gasteiger partial charge on any atom is 0.274 e. The monoisotopic (exact) mass is 259 g/mol. The van der Waals surface area contributed by atoms with E-state index >= 15 is 0 Å². The summed E-state index contributed by atoms with van der Waals surface area (Å²) >= 11 is 0. The summed E-state index contributed by atoms with van der Waals surface area (Å²) in [7, 11) is 1.82. The third kappa shape index (κ3) is 2.25. The molecular weight excluding hydrogens is 242 g/mol. The molecule has 0 saturated carbocycles. The van der Waals surface area contributed by atoms with Crippen molar-refractivity contribution in [1.29, 1.82) is 0 Å². The lowest BCUT2D eigenvalue weighted by Crippen LogP contribution is -2.39. The molecular formula is C13H17N5O. The Morgan fingerprint density at radius 1 is 1.42 bits per heavy atom. The zero-order valence-corrected chi connectivity index (χ0v) is 10.9. The fraction of sp³-hybridized carbons (Fsp3) is 0.462. The summed E-state index contributed by atoms with van der Waals surface area (Å²) in [6, 6.07) is 3.79. The molecule has 0 bridgehead atoms. The summed E-state index contributed by atoms with van der Waals surface area (Å²) in [5.74, 6) is -0.0000926. The van der Waals surface area contributed by atoms with Gasteiger partial charge in [0.25, 0.3) is 5.91 Å². The second-order valence-corrected chi connectivity index (χ2v) is 4.90. The van der Waals surface area contributed by atoms with Crippen molar-refractivity contribution in [3.05, 3.63) is 35.9 Å². The number of amides is 1. The molecule has 0 aromatic carbocycles. The zero-order chi connectivity index (χ0) is 13.2. The van der Waals surface area contributed by atoms with Gasteiger partial charge in [0.15, 0.2) is 0 Å². The lowest BCUT2D eigenvalue weighted by atomic mass is 9.99. The highest BCUT2D eigenvalue weighted by molar-refractivity contribution is 5.92. The molecule has 19 heavy (non-hydrogen) atoms. The summed E-state index contributed by atoms with van der Waals surface area (Å²) < 4.78 is 1.66. The van der Waals surface area contributed by atoms with Crippen LogP contribution in [0.2, 0.25) is 0 Å². The Morgan fingerprint density at radius 2 is 2.32 bits per heavy atom. The van der Waals surface area contributed by atoms with Crippen molar-refractivity contribution in [3.63, 3.8) is 0 Å². The molecule has 0 aliphatic carbocycles. The molecule has 100 valence electrons. The predicted molar refractivity (Wildman–Crippen MR) is 69.4 cm³/mol. The number of aromatic amines is 1. The van der Waals surface area contributed by atoms with Crippen molar-refractivity contribution in [2.45, 2.75) is 25.3 Å². The number of nitrogens with zero attached hydrogens (tertiary/aromatic N) is 4. The van der Waals surface area contributed by atoms with Crippen LogP contribution < -0.4 is 0 Å². The normalized spacial score (nSPS) is 19.6. The van der Waals surface area contributed by atoms with Gasteiger partial charge in [0.2, 0.25) is 0 Å². The molecule has 1 unspecified atom stereocenters. The second-order valence-electron chi connectivity index (χ2n) is 4.90. The number of nitrogens with one attached hydrogen (secondary N) is 1. The van der Waals surface area contributed by atoms with Crippen molar-refractivity contribution in [3.8, 4) is 0 Å². The van der Waals surface area contributed by atoms with E-state index in [1.54, 1.807) is 23.1 Å². The molecule has 1 N–H and O–H groups in total. The molecule has 3 rings (SSSR count). The number of hydrogen-bond donors (Lipinski definition) is 1. The molecule has 1 aliphatic rings. The number of H-pyrrole nitrogens is 1.